The van der Waals surface area contributed by atoms with Crippen LogP contribution in [0.15, 0.2) is 66.9 Å². The lowest BCUT2D eigenvalue weighted by Crippen LogP contribution is -2.68. The molecule has 1 fully saturated rings. The molecule has 5 heterocycles. The van der Waals surface area contributed by atoms with Crippen molar-refractivity contribution in [3.8, 4) is 29.1 Å². The molecule has 2 bridgehead atoms. The molecule has 8 rings (SSSR count). The third-order valence-corrected chi connectivity index (χ3v) is 10.2. The van der Waals surface area contributed by atoms with Crippen LogP contribution in [0.4, 0.5) is 0 Å². The first-order chi connectivity index (χ1) is 23.0. The highest BCUT2D eigenvalue weighted by molar-refractivity contribution is 5.93. The van der Waals surface area contributed by atoms with Crippen molar-refractivity contribution < 1.29 is 28.5 Å². The summed E-state index contributed by atoms with van der Waals surface area (Å²) in [4.78, 5) is 22.3. The third kappa shape index (κ3) is 4.77. The number of nitriles is 1. The predicted octanol–water partition coefficient (Wildman–Crippen LogP) is 5.01. The number of methoxy groups -OCH3 is 2. The lowest BCUT2D eigenvalue weighted by Gasteiger charge is -2.59. The van der Waals surface area contributed by atoms with E-state index < -0.39 is 12.0 Å². The fourth-order valence-electron chi connectivity index (χ4n) is 8.04. The molecule has 0 saturated carbocycles. The normalized spacial score (nSPS) is 24.3. The molecule has 0 unspecified atom stereocenters. The summed E-state index contributed by atoms with van der Waals surface area (Å²) in [6, 6.07) is 19.5. The van der Waals surface area contributed by atoms with Crippen molar-refractivity contribution >= 4 is 22.9 Å². The number of esters is 1. The standard InChI is InChI=1S/C37H34N4O6/c1-40-28-12-23-14-32(43-2)33(44-3)17-26(23)37(40)29-13-22-15-34-35(47-20-46-34)16-25(22)31(41(29)30(28)18-38)19-45-36(42)9-8-21-10-11-39-27-7-5-4-6-24(21)27/h4-11,14-17,28-31,37H,12-13,19-20H2,1-3H3/b9-8+/t28-,29-,30-,31-,37+/m0/s1. The Bertz CT molecular complexity index is 1970. The van der Waals surface area contributed by atoms with Crippen LogP contribution in [-0.2, 0) is 22.4 Å². The summed E-state index contributed by atoms with van der Waals surface area (Å²) in [5.74, 6) is 2.26. The van der Waals surface area contributed by atoms with E-state index in [-0.39, 0.29) is 37.6 Å². The number of likely N-dealkylation sites (N-methyl/N-ethyl adjacent to an activating group) is 1. The summed E-state index contributed by atoms with van der Waals surface area (Å²) in [6.07, 6.45) is 6.30. The molecular weight excluding hydrogens is 596 g/mol. The van der Waals surface area contributed by atoms with Crippen LogP contribution < -0.4 is 18.9 Å². The quantitative estimate of drug-likeness (QED) is 0.213. The number of benzene rings is 3. The fourth-order valence-corrected chi connectivity index (χ4v) is 8.04. The first-order valence-corrected chi connectivity index (χ1v) is 15.7. The summed E-state index contributed by atoms with van der Waals surface area (Å²) in [6.45, 7) is 0.228. The minimum absolute atomic E-state index is 0.0372. The maximum absolute atomic E-state index is 13.3. The van der Waals surface area contributed by atoms with Crippen molar-refractivity contribution in [2.75, 3.05) is 34.7 Å². The fraction of sp³-hybridized carbons (Fsp3) is 0.324. The van der Waals surface area contributed by atoms with E-state index in [1.165, 1.54) is 6.08 Å². The van der Waals surface area contributed by atoms with Gasteiger partial charge in [0.15, 0.2) is 23.0 Å². The third-order valence-electron chi connectivity index (χ3n) is 10.2. The molecule has 4 aliphatic heterocycles. The molecule has 47 heavy (non-hydrogen) atoms. The zero-order valence-electron chi connectivity index (χ0n) is 26.4. The van der Waals surface area contributed by atoms with Gasteiger partial charge in [-0.05, 0) is 90.2 Å². The number of aromatic nitrogens is 1. The number of nitrogens with zero attached hydrogens (tertiary/aromatic N) is 4. The Balaban J connectivity index is 1.16. The molecule has 10 heteroatoms. The van der Waals surface area contributed by atoms with Crippen LogP contribution in [0.1, 0.15) is 39.9 Å². The molecule has 4 aliphatic rings. The molecule has 0 amide bonds. The Morgan fingerprint density at radius 1 is 1.00 bits per heavy atom. The molecule has 0 spiro atoms. The maximum Gasteiger partial charge on any atom is 0.330 e. The van der Waals surface area contributed by atoms with Crippen LogP contribution in [0.2, 0.25) is 0 Å². The second-order valence-electron chi connectivity index (χ2n) is 12.4. The number of carbonyl (C=O) groups is 1. The molecule has 5 atom stereocenters. The predicted molar refractivity (Wildman–Crippen MR) is 173 cm³/mol. The number of para-hydroxylation sites is 1. The number of piperazine rings is 1. The van der Waals surface area contributed by atoms with E-state index in [0.29, 0.717) is 35.8 Å². The van der Waals surface area contributed by atoms with Crippen molar-refractivity contribution in [3.63, 3.8) is 0 Å². The van der Waals surface area contributed by atoms with Gasteiger partial charge in [0.1, 0.15) is 12.6 Å². The largest absolute Gasteiger partial charge is 0.493 e. The Morgan fingerprint density at radius 2 is 1.74 bits per heavy atom. The Morgan fingerprint density at radius 3 is 2.55 bits per heavy atom. The van der Waals surface area contributed by atoms with E-state index in [1.54, 1.807) is 26.5 Å². The van der Waals surface area contributed by atoms with Crippen molar-refractivity contribution in [1.29, 1.82) is 5.26 Å². The number of rotatable bonds is 6. The Kier molecular flexibility index (Phi) is 7.23. The SMILES string of the molecule is COc1cc2c(cc1OC)[C@@H]1[C@@H]3Cc4cc5c(cc4[C@H](COC(=O)/C=C/c4ccnc6ccccc46)N3[C@@H](C#N)[C@H](C2)N1C)OCO5. The zero-order chi connectivity index (χ0) is 32.2. The van der Waals surface area contributed by atoms with Gasteiger partial charge < -0.3 is 23.7 Å². The topological polar surface area (TPSA) is 106 Å². The molecular formula is C37H34N4O6. The first kappa shape index (κ1) is 29.3. The van der Waals surface area contributed by atoms with E-state index >= 15 is 0 Å². The van der Waals surface area contributed by atoms with Gasteiger partial charge in [0.2, 0.25) is 6.79 Å². The summed E-state index contributed by atoms with van der Waals surface area (Å²) < 4.78 is 28.9. The molecule has 0 aliphatic carbocycles. The molecule has 4 aromatic rings. The monoisotopic (exact) mass is 630 g/mol. The molecule has 1 aromatic heterocycles. The van der Waals surface area contributed by atoms with Gasteiger partial charge in [-0.1, -0.05) is 18.2 Å². The average molecular weight is 631 g/mol. The lowest BCUT2D eigenvalue weighted by molar-refractivity contribution is -0.143. The number of hydrogen-bond acceptors (Lipinski definition) is 10. The molecule has 3 aromatic carbocycles. The first-order valence-electron chi connectivity index (χ1n) is 15.7. The summed E-state index contributed by atoms with van der Waals surface area (Å²) >= 11 is 0. The molecule has 0 radical (unpaired) electrons. The van der Waals surface area contributed by atoms with Gasteiger partial charge in [-0.25, -0.2) is 4.79 Å². The van der Waals surface area contributed by atoms with Crippen LogP contribution in [-0.4, -0.2) is 73.5 Å². The van der Waals surface area contributed by atoms with E-state index in [2.05, 4.69) is 40.0 Å². The Labute approximate surface area is 272 Å². The van der Waals surface area contributed by atoms with Crippen LogP contribution in [0.25, 0.3) is 17.0 Å². The second-order valence-corrected chi connectivity index (χ2v) is 12.4. The van der Waals surface area contributed by atoms with Gasteiger partial charge in [0.25, 0.3) is 0 Å². The van der Waals surface area contributed by atoms with Crippen molar-refractivity contribution in [3.05, 3.63) is 94.7 Å². The summed E-state index contributed by atoms with van der Waals surface area (Å²) in [7, 11) is 5.39. The van der Waals surface area contributed by atoms with Crippen LogP contribution in [0.5, 0.6) is 23.0 Å². The van der Waals surface area contributed by atoms with E-state index in [4.69, 9.17) is 23.7 Å². The highest BCUT2D eigenvalue weighted by Crippen LogP contribution is 2.52. The number of hydrogen-bond donors (Lipinski definition) is 0. The minimum atomic E-state index is -0.458. The van der Waals surface area contributed by atoms with Gasteiger partial charge in [0, 0.05) is 29.7 Å². The van der Waals surface area contributed by atoms with Crippen LogP contribution >= 0.6 is 0 Å². The van der Waals surface area contributed by atoms with Gasteiger partial charge >= 0.3 is 5.97 Å². The van der Waals surface area contributed by atoms with Gasteiger partial charge in [-0.2, -0.15) is 5.26 Å². The Hall–Kier alpha value is -5.11. The van der Waals surface area contributed by atoms with E-state index in [1.807, 2.05) is 42.5 Å². The zero-order valence-corrected chi connectivity index (χ0v) is 26.4. The highest BCUT2D eigenvalue weighted by atomic mass is 16.7. The number of ether oxygens (including phenoxy) is 5. The smallest absolute Gasteiger partial charge is 0.330 e. The van der Waals surface area contributed by atoms with Crippen molar-refractivity contribution in [2.45, 2.75) is 43.1 Å². The van der Waals surface area contributed by atoms with Crippen LogP contribution in [0.3, 0.4) is 0 Å². The van der Waals surface area contributed by atoms with E-state index in [9.17, 15) is 10.1 Å². The second kappa shape index (κ2) is 11.6. The van der Waals surface area contributed by atoms with Gasteiger partial charge in [0.05, 0.1) is 37.9 Å². The number of carbonyl (C=O) groups excluding carboxylic acids is 1. The summed E-state index contributed by atoms with van der Waals surface area (Å²) in [5.41, 5.74) is 6.12. The van der Waals surface area contributed by atoms with Crippen LogP contribution in [0, 0.1) is 11.3 Å². The average Bonchev–Trinajstić information content (AvgIpc) is 3.55. The van der Waals surface area contributed by atoms with Gasteiger partial charge in [-0.15, -0.1) is 0 Å². The van der Waals surface area contributed by atoms with E-state index in [0.717, 1.165) is 38.7 Å². The molecule has 0 N–H and O–H groups in total. The molecule has 238 valence electrons. The maximum atomic E-state index is 13.3. The summed E-state index contributed by atoms with van der Waals surface area (Å²) in [5, 5.41) is 11.7. The minimum Gasteiger partial charge on any atom is -0.493 e. The highest BCUT2D eigenvalue weighted by Gasteiger charge is 2.54. The van der Waals surface area contributed by atoms with Gasteiger partial charge in [-0.3, -0.25) is 14.8 Å². The molecule has 1 saturated heterocycles. The molecule has 10 nitrogen and oxygen atoms in total. The number of pyridine rings is 1. The number of fused-ring (bicyclic) bond motifs is 9. The van der Waals surface area contributed by atoms with Crippen molar-refractivity contribution in [2.24, 2.45) is 0 Å². The van der Waals surface area contributed by atoms with Crippen molar-refractivity contribution in [1.82, 2.24) is 14.8 Å². The lowest BCUT2D eigenvalue weighted by atomic mass is 9.72.